The Kier molecular flexibility index (Phi) is 8.04. The molecular formula is C21H27NO5. The summed E-state index contributed by atoms with van der Waals surface area (Å²) in [5.74, 6) is -0.524. The van der Waals surface area contributed by atoms with Gasteiger partial charge >= 0.3 is 5.97 Å². The maximum absolute atomic E-state index is 12.0. The molecule has 6 heteroatoms. The van der Waals surface area contributed by atoms with Gasteiger partial charge in [0.05, 0.1) is 0 Å². The van der Waals surface area contributed by atoms with Crippen LogP contribution in [0.3, 0.4) is 0 Å². The second-order valence-electron chi connectivity index (χ2n) is 6.65. The van der Waals surface area contributed by atoms with E-state index in [1.165, 1.54) is 32.3 Å². The highest BCUT2D eigenvalue weighted by Gasteiger charge is 2.18. The van der Waals surface area contributed by atoms with Crippen molar-refractivity contribution in [1.82, 2.24) is 5.32 Å². The lowest BCUT2D eigenvalue weighted by Crippen LogP contribution is -2.37. The van der Waals surface area contributed by atoms with E-state index < -0.39 is 12.1 Å². The second-order valence-corrected chi connectivity index (χ2v) is 6.65. The molecule has 1 aromatic rings. The van der Waals surface area contributed by atoms with Gasteiger partial charge in [0.15, 0.2) is 18.5 Å². The number of ether oxygens (including phenoxy) is 2. The molecule has 0 unspecified atom stereocenters. The molecule has 0 aromatic heterocycles. The maximum Gasteiger partial charge on any atom is 0.344 e. The predicted molar refractivity (Wildman–Crippen MR) is 102 cm³/mol. The smallest absolute Gasteiger partial charge is 0.344 e. The van der Waals surface area contributed by atoms with Crippen LogP contribution in [0.25, 0.3) is 0 Å². The fourth-order valence-electron chi connectivity index (χ4n) is 2.83. The summed E-state index contributed by atoms with van der Waals surface area (Å²) >= 11 is 0. The number of amides is 1. The standard InChI is InChI=1S/C21H27NO5/c1-15(23)18-8-10-19(11-9-18)26-14-20(24)27-16(2)21(25)22-13-12-17-6-4-3-5-7-17/h6,8-11,16H,3-5,7,12-14H2,1-2H3,(H,22,25)/t16-/m0/s1. The highest BCUT2D eigenvalue weighted by Crippen LogP contribution is 2.19. The predicted octanol–water partition coefficient (Wildman–Crippen LogP) is 3.21. The zero-order chi connectivity index (χ0) is 19.6. The number of esters is 1. The zero-order valence-corrected chi connectivity index (χ0v) is 16.0. The van der Waals surface area contributed by atoms with Gasteiger partial charge in [0.25, 0.3) is 5.91 Å². The molecule has 1 amide bonds. The molecule has 27 heavy (non-hydrogen) atoms. The fourth-order valence-corrected chi connectivity index (χ4v) is 2.83. The number of carbonyl (C=O) groups is 3. The SMILES string of the molecule is CC(=O)c1ccc(OCC(=O)O[C@@H](C)C(=O)NCCC2=CCCCC2)cc1. The van der Waals surface area contributed by atoms with Crippen molar-refractivity contribution in [3.8, 4) is 5.75 Å². The number of Topliss-reactive ketones (excluding diaryl/α,β-unsaturated/α-hetero) is 1. The van der Waals surface area contributed by atoms with Crippen molar-refractivity contribution in [3.63, 3.8) is 0 Å². The summed E-state index contributed by atoms with van der Waals surface area (Å²) in [5, 5.41) is 2.80. The fraction of sp³-hybridized carbons (Fsp3) is 0.476. The third-order valence-electron chi connectivity index (χ3n) is 4.43. The molecule has 0 bridgehead atoms. The first-order chi connectivity index (χ1) is 13.0. The monoisotopic (exact) mass is 373 g/mol. The van der Waals surface area contributed by atoms with Crippen molar-refractivity contribution >= 4 is 17.7 Å². The number of ketones is 1. The molecule has 0 spiro atoms. The Morgan fingerprint density at radius 3 is 2.52 bits per heavy atom. The van der Waals surface area contributed by atoms with E-state index in [2.05, 4.69) is 11.4 Å². The highest BCUT2D eigenvalue weighted by molar-refractivity contribution is 5.94. The van der Waals surface area contributed by atoms with Gasteiger partial charge in [-0.15, -0.1) is 0 Å². The minimum Gasteiger partial charge on any atom is -0.482 e. The average Bonchev–Trinajstić information content (AvgIpc) is 2.67. The van der Waals surface area contributed by atoms with Crippen molar-refractivity contribution in [2.75, 3.05) is 13.2 Å². The van der Waals surface area contributed by atoms with Crippen LogP contribution in [-0.2, 0) is 14.3 Å². The molecule has 1 aromatic carbocycles. The number of allylic oxidation sites excluding steroid dienone is 1. The Hall–Kier alpha value is -2.63. The average molecular weight is 373 g/mol. The molecule has 6 nitrogen and oxygen atoms in total. The van der Waals surface area contributed by atoms with Crippen molar-refractivity contribution < 1.29 is 23.9 Å². The first kappa shape index (κ1) is 20.7. The van der Waals surface area contributed by atoms with E-state index in [1.54, 1.807) is 24.3 Å². The van der Waals surface area contributed by atoms with Crippen LogP contribution in [-0.4, -0.2) is 36.9 Å². The van der Waals surface area contributed by atoms with Gasteiger partial charge in [-0.25, -0.2) is 4.79 Å². The highest BCUT2D eigenvalue weighted by atomic mass is 16.6. The largest absolute Gasteiger partial charge is 0.482 e. The van der Waals surface area contributed by atoms with Gasteiger partial charge in [-0.3, -0.25) is 9.59 Å². The Balaban J connectivity index is 1.66. The van der Waals surface area contributed by atoms with Crippen LogP contribution in [0.15, 0.2) is 35.9 Å². The zero-order valence-electron chi connectivity index (χ0n) is 16.0. The van der Waals surface area contributed by atoms with Crippen molar-refractivity contribution in [3.05, 3.63) is 41.5 Å². The topological polar surface area (TPSA) is 81.7 Å². The third-order valence-corrected chi connectivity index (χ3v) is 4.43. The number of carbonyl (C=O) groups excluding carboxylic acids is 3. The normalized spacial score (nSPS) is 14.7. The van der Waals surface area contributed by atoms with Crippen LogP contribution in [0.2, 0.25) is 0 Å². The second kappa shape index (κ2) is 10.5. The first-order valence-corrected chi connectivity index (χ1v) is 9.34. The van der Waals surface area contributed by atoms with Crippen LogP contribution in [0, 0.1) is 0 Å². The van der Waals surface area contributed by atoms with Crippen molar-refractivity contribution in [1.29, 1.82) is 0 Å². The molecule has 0 saturated heterocycles. The third kappa shape index (κ3) is 7.25. The van der Waals surface area contributed by atoms with E-state index in [-0.39, 0.29) is 18.3 Å². The molecule has 0 radical (unpaired) electrons. The maximum atomic E-state index is 12.0. The number of hydrogen-bond donors (Lipinski definition) is 1. The van der Waals surface area contributed by atoms with E-state index in [0.717, 1.165) is 19.3 Å². The van der Waals surface area contributed by atoms with Crippen LogP contribution < -0.4 is 10.1 Å². The summed E-state index contributed by atoms with van der Waals surface area (Å²) in [6.45, 7) is 3.26. The van der Waals surface area contributed by atoms with Crippen LogP contribution in [0.5, 0.6) is 5.75 Å². The van der Waals surface area contributed by atoms with Crippen molar-refractivity contribution in [2.24, 2.45) is 0 Å². The minimum absolute atomic E-state index is 0.0411. The molecule has 1 N–H and O–H groups in total. The molecule has 0 heterocycles. The molecule has 1 aliphatic carbocycles. The molecule has 1 aliphatic rings. The summed E-state index contributed by atoms with van der Waals surface area (Å²) in [6.07, 6.45) is 6.89. The molecule has 146 valence electrons. The summed E-state index contributed by atoms with van der Waals surface area (Å²) in [6, 6.07) is 6.47. The number of nitrogens with one attached hydrogen (secondary N) is 1. The summed E-state index contributed by atoms with van der Waals surface area (Å²) < 4.78 is 10.4. The summed E-state index contributed by atoms with van der Waals surface area (Å²) in [4.78, 5) is 35.1. The van der Waals surface area contributed by atoms with Gasteiger partial charge in [0, 0.05) is 12.1 Å². The molecule has 0 aliphatic heterocycles. The Morgan fingerprint density at radius 1 is 1.15 bits per heavy atom. The van der Waals surface area contributed by atoms with E-state index >= 15 is 0 Å². The summed E-state index contributed by atoms with van der Waals surface area (Å²) in [7, 11) is 0. The van der Waals surface area contributed by atoms with Gasteiger partial charge < -0.3 is 14.8 Å². The van der Waals surface area contributed by atoms with Crippen LogP contribution in [0.4, 0.5) is 0 Å². The van der Waals surface area contributed by atoms with Gasteiger partial charge in [-0.05, 0) is 70.2 Å². The quantitative estimate of drug-likeness (QED) is 0.408. The van der Waals surface area contributed by atoms with Crippen molar-refractivity contribution in [2.45, 2.75) is 52.1 Å². The van der Waals surface area contributed by atoms with Gasteiger partial charge in [-0.1, -0.05) is 11.6 Å². The van der Waals surface area contributed by atoms with Gasteiger partial charge in [0.1, 0.15) is 5.75 Å². The number of hydrogen-bond acceptors (Lipinski definition) is 5. The first-order valence-electron chi connectivity index (χ1n) is 9.34. The molecule has 2 rings (SSSR count). The van der Waals surface area contributed by atoms with E-state index in [4.69, 9.17) is 9.47 Å². The van der Waals surface area contributed by atoms with Crippen LogP contribution >= 0.6 is 0 Å². The van der Waals surface area contributed by atoms with E-state index in [1.807, 2.05) is 0 Å². The Bertz CT molecular complexity index is 693. The lowest BCUT2D eigenvalue weighted by Gasteiger charge is -2.16. The summed E-state index contributed by atoms with van der Waals surface area (Å²) in [5.41, 5.74) is 1.95. The van der Waals surface area contributed by atoms with Gasteiger partial charge in [-0.2, -0.15) is 0 Å². The molecule has 1 atom stereocenters. The Morgan fingerprint density at radius 2 is 1.89 bits per heavy atom. The van der Waals surface area contributed by atoms with Crippen LogP contribution in [0.1, 0.15) is 56.3 Å². The van der Waals surface area contributed by atoms with E-state index in [0.29, 0.717) is 17.9 Å². The molecular weight excluding hydrogens is 346 g/mol. The van der Waals surface area contributed by atoms with Gasteiger partial charge in [0.2, 0.25) is 0 Å². The Labute approximate surface area is 159 Å². The lowest BCUT2D eigenvalue weighted by atomic mass is 9.97. The molecule has 0 fully saturated rings. The number of rotatable bonds is 9. The minimum atomic E-state index is -0.874. The molecule has 0 saturated carbocycles. The van der Waals surface area contributed by atoms with E-state index in [9.17, 15) is 14.4 Å². The number of benzene rings is 1. The lowest BCUT2D eigenvalue weighted by molar-refractivity contribution is -0.156.